The molecule has 1 aliphatic rings. The minimum Gasteiger partial charge on any atom is -0.496 e. The van der Waals surface area contributed by atoms with Crippen LogP contribution in [0.3, 0.4) is 0 Å². The van der Waals surface area contributed by atoms with Crippen LogP contribution in [-0.4, -0.2) is 26.7 Å². The van der Waals surface area contributed by atoms with Crippen molar-refractivity contribution in [1.29, 1.82) is 0 Å². The first-order chi connectivity index (χ1) is 9.76. The Morgan fingerprint density at radius 1 is 1.30 bits per heavy atom. The maximum absolute atomic E-state index is 12.1. The number of nitrogens with one attached hydrogen (secondary N) is 1. The first-order valence-electron chi connectivity index (χ1n) is 7.19. The fraction of sp³-hybridized carbons (Fsp3) is 0.562. The normalized spacial score (nSPS) is 16.9. The molecule has 4 heteroatoms. The van der Waals surface area contributed by atoms with Crippen LogP contribution < -0.4 is 10.1 Å². The molecule has 0 saturated heterocycles. The smallest absolute Gasteiger partial charge is 0.223 e. The molecule has 2 rings (SSSR count). The average molecular weight is 277 g/mol. The van der Waals surface area contributed by atoms with Gasteiger partial charge in [0.2, 0.25) is 5.91 Å². The van der Waals surface area contributed by atoms with Gasteiger partial charge in [-0.25, -0.2) is 0 Å². The second-order valence-corrected chi connectivity index (χ2v) is 5.19. The quantitative estimate of drug-likeness (QED) is 0.869. The van der Waals surface area contributed by atoms with E-state index in [1.807, 2.05) is 24.3 Å². The van der Waals surface area contributed by atoms with E-state index < -0.39 is 0 Å². The Morgan fingerprint density at radius 3 is 2.65 bits per heavy atom. The van der Waals surface area contributed by atoms with Crippen molar-refractivity contribution in [3.63, 3.8) is 0 Å². The molecule has 110 valence electrons. The van der Waals surface area contributed by atoms with Gasteiger partial charge in [0.25, 0.3) is 0 Å². The van der Waals surface area contributed by atoms with Gasteiger partial charge in [0, 0.05) is 25.1 Å². The van der Waals surface area contributed by atoms with Crippen LogP contribution in [0.15, 0.2) is 24.3 Å². The molecule has 1 saturated carbocycles. The highest BCUT2D eigenvalue weighted by atomic mass is 16.5. The molecule has 1 aromatic carbocycles. The topological polar surface area (TPSA) is 47.6 Å². The minimum atomic E-state index is -0.184. The number of amides is 1. The SMILES string of the molecule is COc1ccccc1C(CNC(=O)C1CCCC1)OC. The molecule has 1 N–H and O–H groups in total. The number of hydrogen-bond acceptors (Lipinski definition) is 3. The summed E-state index contributed by atoms with van der Waals surface area (Å²) < 4.78 is 10.8. The van der Waals surface area contributed by atoms with Crippen molar-refractivity contribution < 1.29 is 14.3 Å². The van der Waals surface area contributed by atoms with E-state index in [2.05, 4.69) is 5.32 Å². The highest BCUT2D eigenvalue weighted by Gasteiger charge is 2.24. The molecular weight excluding hydrogens is 254 g/mol. The summed E-state index contributed by atoms with van der Waals surface area (Å²) in [7, 11) is 3.29. The number of para-hydroxylation sites is 1. The van der Waals surface area contributed by atoms with E-state index in [-0.39, 0.29) is 17.9 Å². The van der Waals surface area contributed by atoms with Crippen LogP contribution in [0.1, 0.15) is 37.4 Å². The standard InChI is InChI=1S/C16H23NO3/c1-19-14-10-6-5-9-13(14)15(20-2)11-17-16(18)12-7-3-4-8-12/h5-6,9-10,12,15H,3-4,7-8,11H2,1-2H3,(H,17,18). The Labute approximate surface area is 120 Å². The number of carbonyl (C=O) groups excluding carboxylic acids is 1. The number of hydrogen-bond donors (Lipinski definition) is 1. The number of rotatable bonds is 6. The number of benzene rings is 1. The van der Waals surface area contributed by atoms with Crippen LogP contribution in [-0.2, 0) is 9.53 Å². The molecule has 0 aromatic heterocycles. The zero-order chi connectivity index (χ0) is 14.4. The van der Waals surface area contributed by atoms with E-state index in [0.29, 0.717) is 6.54 Å². The summed E-state index contributed by atoms with van der Waals surface area (Å²) in [5.74, 6) is 1.12. The van der Waals surface area contributed by atoms with Crippen LogP contribution in [0.4, 0.5) is 0 Å². The van der Waals surface area contributed by atoms with Crippen molar-refractivity contribution >= 4 is 5.91 Å². The molecule has 1 aliphatic carbocycles. The second kappa shape index (κ2) is 7.29. The van der Waals surface area contributed by atoms with Crippen molar-refractivity contribution in [3.8, 4) is 5.75 Å². The van der Waals surface area contributed by atoms with Crippen LogP contribution >= 0.6 is 0 Å². The molecule has 1 aromatic rings. The Morgan fingerprint density at radius 2 is 2.00 bits per heavy atom. The van der Waals surface area contributed by atoms with Gasteiger partial charge in [-0.05, 0) is 18.9 Å². The molecule has 0 bridgehead atoms. The maximum Gasteiger partial charge on any atom is 0.223 e. The zero-order valence-corrected chi connectivity index (χ0v) is 12.2. The van der Waals surface area contributed by atoms with Crippen molar-refractivity contribution in [2.24, 2.45) is 5.92 Å². The molecule has 1 fully saturated rings. The third-order valence-electron chi connectivity index (χ3n) is 3.96. The van der Waals surface area contributed by atoms with E-state index >= 15 is 0 Å². The Hall–Kier alpha value is -1.55. The third kappa shape index (κ3) is 3.51. The van der Waals surface area contributed by atoms with Crippen molar-refractivity contribution in [3.05, 3.63) is 29.8 Å². The summed E-state index contributed by atoms with van der Waals surface area (Å²) in [6.45, 7) is 0.478. The number of carbonyl (C=O) groups is 1. The lowest BCUT2D eigenvalue weighted by Gasteiger charge is -2.20. The fourth-order valence-electron chi connectivity index (χ4n) is 2.78. The van der Waals surface area contributed by atoms with Crippen LogP contribution in [0, 0.1) is 5.92 Å². The monoisotopic (exact) mass is 277 g/mol. The minimum absolute atomic E-state index is 0.152. The van der Waals surface area contributed by atoms with Gasteiger partial charge in [0.15, 0.2) is 0 Å². The van der Waals surface area contributed by atoms with Crippen LogP contribution in [0.2, 0.25) is 0 Å². The molecule has 0 aliphatic heterocycles. The molecule has 1 atom stereocenters. The first kappa shape index (κ1) is 14.9. The van der Waals surface area contributed by atoms with Gasteiger partial charge in [0.1, 0.15) is 11.9 Å². The largest absolute Gasteiger partial charge is 0.496 e. The van der Waals surface area contributed by atoms with Gasteiger partial charge in [-0.1, -0.05) is 31.0 Å². The highest BCUT2D eigenvalue weighted by molar-refractivity contribution is 5.78. The summed E-state index contributed by atoms with van der Waals surface area (Å²) in [5.41, 5.74) is 0.962. The molecular formula is C16H23NO3. The van der Waals surface area contributed by atoms with Gasteiger partial charge in [-0.15, -0.1) is 0 Å². The summed E-state index contributed by atoms with van der Waals surface area (Å²) in [6, 6.07) is 7.74. The average Bonchev–Trinajstić information content (AvgIpc) is 3.02. The molecule has 0 heterocycles. The van der Waals surface area contributed by atoms with Crippen molar-refractivity contribution in [2.45, 2.75) is 31.8 Å². The van der Waals surface area contributed by atoms with Crippen molar-refractivity contribution in [1.82, 2.24) is 5.32 Å². The lowest BCUT2D eigenvalue weighted by Crippen LogP contribution is -2.33. The number of methoxy groups -OCH3 is 2. The molecule has 0 spiro atoms. The predicted molar refractivity (Wildman–Crippen MR) is 77.7 cm³/mol. The lowest BCUT2D eigenvalue weighted by atomic mass is 10.1. The Balaban J connectivity index is 1.96. The first-order valence-corrected chi connectivity index (χ1v) is 7.19. The summed E-state index contributed by atoms with van der Waals surface area (Å²) in [6.07, 6.45) is 4.17. The molecule has 0 radical (unpaired) electrons. The molecule has 1 amide bonds. The summed E-state index contributed by atoms with van der Waals surface area (Å²) in [4.78, 5) is 12.1. The predicted octanol–water partition coefficient (Wildman–Crippen LogP) is 2.69. The lowest BCUT2D eigenvalue weighted by molar-refractivity contribution is -0.125. The number of ether oxygens (including phenoxy) is 2. The maximum atomic E-state index is 12.1. The summed E-state index contributed by atoms with van der Waals surface area (Å²) in [5, 5.41) is 3.01. The second-order valence-electron chi connectivity index (χ2n) is 5.19. The van der Waals surface area contributed by atoms with E-state index in [4.69, 9.17) is 9.47 Å². The van der Waals surface area contributed by atoms with Gasteiger partial charge in [-0.2, -0.15) is 0 Å². The highest BCUT2D eigenvalue weighted by Crippen LogP contribution is 2.27. The van der Waals surface area contributed by atoms with E-state index in [9.17, 15) is 4.79 Å². The van der Waals surface area contributed by atoms with E-state index in [0.717, 1.165) is 37.0 Å². The molecule has 4 nitrogen and oxygen atoms in total. The van der Waals surface area contributed by atoms with Crippen LogP contribution in [0.25, 0.3) is 0 Å². The zero-order valence-electron chi connectivity index (χ0n) is 12.2. The van der Waals surface area contributed by atoms with Gasteiger partial charge < -0.3 is 14.8 Å². The van der Waals surface area contributed by atoms with E-state index in [1.165, 1.54) is 0 Å². The van der Waals surface area contributed by atoms with Gasteiger partial charge in [-0.3, -0.25) is 4.79 Å². The van der Waals surface area contributed by atoms with Gasteiger partial charge >= 0.3 is 0 Å². The fourth-order valence-corrected chi connectivity index (χ4v) is 2.78. The van der Waals surface area contributed by atoms with Crippen LogP contribution in [0.5, 0.6) is 5.75 Å². The van der Waals surface area contributed by atoms with Crippen molar-refractivity contribution in [2.75, 3.05) is 20.8 Å². The Kier molecular flexibility index (Phi) is 5.41. The Bertz CT molecular complexity index is 441. The molecule has 1 unspecified atom stereocenters. The van der Waals surface area contributed by atoms with E-state index in [1.54, 1.807) is 14.2 Å². The summed E-state index contributed by atoms with van der Waals surface area (Å²) >= 11 is 0. The van der Waals surface area contributed by atoms with Gasteiger partial charge in [0.05, 0.1) is 7.11 Å². The molecule has 20 heavy (non-hydrogen) atoms. The third-order valence-corrected chi connectivity index (χ3v) is 3.96.